The highest BCUT2D eigenvalue weighted by atomic mass is 35.5. The molecule has 2 aliphatic rings. The number of fused-ring (bicyclic) bond motifs is 6. The first-order valence-corrected chi connectivity index (χ1v) is 28.9. The molecular weight excluding hydrogens is 1140 g/mol. The van der Waals surface area contributed by atoms with Crippen molar-refractivity contribution in [2.24, 2.45) is 0 Å². The van der Waals surface area contributed by atoms with E-state index < -0.39 is 99.5 Å². The van der Waals surface area contributed by atoms with Crippen LogP contribution in [-0.4, -0.2) is 73.9 Å². The van der Waals surface area contributed by atoms with Crippen LogP contribution < -0.4 is 17.3 Å². The number of non-ortho nitro benzene ring substituents is 2. The molecule has 23 heteroatoms. The molecule has 0 saturated carbocycles. The Hall–Kier alpha value is -7.24. The molecule has 14 nitrogen and oxygen atoms in total. The van der Waals surface area contributed by atoms with Gasteiger partial charge in [-0.3, -0.25) is 28.6 Å². The third kappa shape index (κ3) is 13.8. The predicted molar refractivity (Wildman–Crippen MR) is 299 cm³/mol. The van der Waals surface area contributed by atoms with Gasteiger partial charge in [-0.2, -0.15) is 47.8 Å². The monoisotopic (exact) mass is 1190 g/mol. The number of nitro benzene ring substituents is 2. The van der Waals surface area contributed by atoms with E-state index in [0.717, 1.165) is 104 Å². The Morgan fingerprint density at radius 1 is 0.585 bits per heavy atom. The largest absolute Gasteiger partial charge is 1.00 e. The summed E-state index contributed by atoms with van der Waals surface area (Å²) in [4.78, 5) is 22.6. The molecule has 8 rings (SSSR count). The van der Waals surface area contributed by atoms with Crippen molar-refractivity contribution in [1.82, 2.24) is 0 Å². The van der Waals surface area contributed by atoms with Crippen LogP contribution >= 0.6 is 0 Å². The second-order valence-corrected chi connectivity index (χ2v) is 24.1. The van der Waals surface area contributed by atoms with E-state index in [1.165, 1.54) is 0 Å². The van der Waals surface area contributed by atoms with Gasteiger partial charge in [0.1, 0.15) is 6.54 Å². The molecule has 2 unspecified atom stereocenters. The minimum atomic E-state index is -5.13. The molecule has 0 fully saturated rings. The fourth-order valence-corrected chi connectivity index (χ4v) is 13.0. The number of nitro groups is 2. The van der Waals surface area contributed by atoms with Gasteiger partial charge in [-0.1, -0.05) is 98.8 Å². The third-order valence-electron chi connectivity index (χ3n) is 14.4. The lowest BCUT2D eigenvalue weighted by Gasteiger charge is -2.27. The van der Waals surface area contributed by atoms with Crippen LogP contribution in [-0.2, 0) is 39.4 Å². The molecule has 2 aliphatic heterocycles. The van der Waals surface area contributed by atoms with Gasteiger partial charge in [0.05, 0.1) is 26.8 Å². The molecule has 0 amide bonds. The molecule has 0 bridgehead atoms. The summed E-state index contributed by atoms with van der Waals surface area (Å²) in [5.41, 5.74) is 2.41. The molecule has 6 aromatic rings. The van der Waals surface area contributed by atoms with E-state index in [-0.39, 0.29) is 38.1 Å². The van der Waals surface area contributed by atoms with Crippen molar-refractivity contribution in [3.8, 4) is 0 Å². The fraction of sp³-hybridized carbons (Fsp3) is 0.305. The SMILES string of the molecule is CC1(C)C(/C=C/C=C/C=C/C=C2\N(CCCCS(=O)(=O)OC(c3ccc([N+](=O)[O-])cc3)C(F)(F)F)c3ccc4ccccc4c3C2(C)C)=[N+](CCCCS(=O)(=O)OC(c2ccc([N+](=O)[O-])cc2)C(F)(F)F)c2ccc3ccccc3c21.[Cl-]. The molecule has 0 saturated heterocycles. The van der Waals surface area contributed by atoms with Gasteiger partial charge in [0.15, 0.2) is 17.9 Å². The number of allylic oxidation sites excluding steroid dienone is 8. The number of halogens is 7. The van der Waals surface area contributed by atoms with E-state index in [0.29, 0.717) is 13.1 Å². The second-order valence-electron chi connectivity index (χ2n) is 20.7. The standard InChI is InChI=1S/C59H57F6N4O10S2.ClH/c1-56(2)50(66(48-34-28-40-18-10-12-20-46(40)52(48)56)36-14-16-38-80(74,75)78-54(58(60,61)62)42-24-30-44(31-25-42)68(70)71)22-8-6-5-7-9-23-51-57(3,4)53-47-21-13-11-19-41(47)29-35-49(53)67(51)37-15-17-39-81(76,77)79-55(59(63,64)65)43-26-32-45(33-27-43)69(72)73;/h5-13,18-35,54-55H,14-17,36-39H2,1-4H3;1H/q+1;/p-1. The van der Waals surface area contributed by atoms with E-state index in [1.54, 1.807) is 0 Å². The fourth-order valence-electron chi connectivity index (χ4n) is 10.7. The Labute approximate surface area is 476 Å². The molecule has 0 aliphatic carbocycles. The zero-order chi connectivity index (χ0) is 58.7. The van der Waals surface area contributed by atoms with Gasteiger partial charge in [0.25, 0.3) is 31.6 Å². The van der Waals surface area contributed by atoms with E-state index in [1.807, 2.05) is 115 Å². The minimum absolute atomic E-state index is 0. The second kappa shape index (κ2) is 24.7. The Morgan fingerprint density at radius 3 is 1.56 bits per heavy atom. The van der Waals surface area contributed by atoms with Gasteiger partial charge in [0.2, 0.25) is 5.69 Å². The van der Waals surface area contributed by atoms with Crippen molar-refractivity contribution in [3.63, 3.8) is 0 Å². The molecule has 2 atom stereocenters. The van der Waals surface area contributed by atoms with Crippen LogP contribution in [0.2, 0.25) is 0 Å². The molecule has 82 heavy (non-hydrogen) atoms. The number of nitrogens with zero attached hydrogens (tertiary/aromatic N) is 4. The Morgan fingerprint density at radius 2 is 1.05 bits per heavy atom. The number of anilines is 1. The molecule has 6 aromatic carbocycles. The number of benzene rings is 6. The number of hydrogen-bond acceptors (Lipinski definition) is 11. The van der Waals surface area contributed by atoms with Crippen molar-refractivity contribution >= 4 is 70.2 Å². The smallest absolute Gasteiger partial charge is 0.420 e. The molecule has 0 aromatic heterocycles. The maximum Gasteiger partial charge on any atom is 0.420 e. The minimum Gasteiger partial charge on any atom is -1.00 e. The summed E-state index contributed by atoms with van der Waals surface area (Å²) in [6.07, 6.45) is -2.38. The van der Waals surface area contributed by atoms with E-state index >= 15 is 0 Å². The molecular formula is C59H57ClF6N4O10S2. The summed E-state index contributed by atoms with van der Waals surface area (Å²) in [5, 5.41) is 26.2. The lowest BCUT2D eigenvalue weighted by molar-refractivity contribution is -0.438. The quantitative estimate of drug-likeness (QED) is 0.0120. The Kier molecular flexibility index (Phi) is 18.8. The number of alkyl halides is 6. The van der Waals surface area contributed by atoms with Crippen LogP contribution in [0.1, 0.15) is 87.8 Å². The lowest BCUT2D eigenvalue weighted by atomic mass is 9.79. The first-order chi connectivity index (χ1) is 38.1. The summed E-state index contributed by atoms with van der Waals surface area (Å²) < 4.78 is 148. The van der Waals surface area contributed by atoms with Crippen molar-refractivity contribution in [2.45, 2.75) is 88.8 Å². The first kappa shape index (κ1) is 62.4. The summed E-state index contributed by atoms with van der Waals surface area (Å²) >= 11 is 0. The van der Waals surface area contributed by atoms with Crippen molar-refractivity contribution in [3.05, 3.63) is 212 Å². The molecule has 2 heterocycles. The lowest BCUT2D eigenvalue weighted by Crippen LogP contribution is -3.00. The number of hydrogen-bond donors (Lipinski definition) is 0. The van der Waals surface area contributed by atoms with Crippen LogP contribution in [0.5, 0.6) is 0 Å². The molecule has 0 N–H and O–H groups in total. The summed E-state index contributed by atoms with van der Waals surface area (Å²) in [6, 6.07) is 30.5. The van der Waals surface area contributed by atoms with Crippen molar-refractivity contribution in [1.29, 1.82) is 0 Å². The van der Waals surface area contributed by atoms with Crippen LogP contribution in [0.15, 0.2) is 170 Å². The van der Waals surface area contributed by atoms with Gasteiger partial charge in [-0.15, -0.1) is 0 Å². The van der Waals surface area contributed by atoms with E-state index in [9.17, 15) is 63.4 Å². The summed E-state index contributed by atoms with van der Waals surface area (Å²) in [5.74, 6) is -1.43. The molecule has 434 valence electrons. The van der Waals surface area contributed by atoms with Crippen LogP contribution in [0.25, 0.3) is 21.5 Å². The van der Waals surface area contributed by atoms with Crippen LogP contribution in [0.3, 0.4) is 0 Å². The van der Waals surface area contributed by atoms with Gasteiger partial charge in [-0.25, -0.2) is 0 Å². The van der Waals surface area contributed by atoms with Crippen molar-refractivity contribution in [2.75, 3.05) is 29.5 Å². The highest BCUT2D eigenvalue weighted by Crippen LogP contribution is 2.51. The number of rotatable bonds is 22. The van der Waals surface area contributed by atoms with Crippen LogP contribution in [0, 0.1) is 20.2 Å². The van der Waals surface area contributed by atoms with Gasteiger partial charge < -0.3 is 17.3 Å². The van der Waals surface area contributed by atoms with Crippen molar-refractivity contribution < 1.29 is 78.4 Å². The van der Waals surface area contributed by atoms with Gasteiger partial charge >= 0.3 is 12.4 Å². The summed E-state index contributed by atoms with van der Waals surface area (Å²) in [6.45, 7) is 8.94. The average molecular weight is 1200 g/mol. The Bertz CT molecular complexity index is 3770. The normalized spacial score (nSPS) is 16.6. The van der Waals surface area contributed by atoms with E-state index in [2.05, 4.69) is 37.2 Å². The third-order valence-corrected chi connectivity index (χ3v) is 17.0. The highest BCUT2D eigenvalue weighted by Gasteiger charge is 2.48. The van der Waals surface area contributed by atoms with Crippen LogP contribution in [0.4, 0.5) is 49.1 Å². The Balaban J connectivity index is 0.00000968. The maximum atomic E-state index is 14.1. The number of unbranched alkanes of at least 4 members (excludes halogenated alkanes) is 2. The van der Waals surface area contributed by atoms with E-state index in [4.69, 9.17) is 8.37 Å². The van der Waals surface area contributed by atoms with Gasteiger partial charge in [0, 0.05) is 71.7 Å². The zero-order valence-corrected chi connectivity index (χ0v) is 47.1. The van der Waals surface area contributed by atoms with Gasteiger partial charge in [-0.05, 0) is 114 Å². The average Bonchev–Trinajstić information content (AvgIpc) is 3.77. The zero-order valence-electron chi connectivity index (χ0n) is 44.7. The summed E-state index contributed by atoms with van der Waals surface area (Å²) in [7, 11) is -9.47. The maximum absolute atomic E-state index is 14.1. The molecule has 0 spiro atoms. The highest BCUT2D eigenvalue weighted by molar-refractivity contribution is 7.86. The topological polar surface area (TPSA) is 179 Å². The molecule has 0 radical (unpaired) electrons. The predicted octanol–water partition coefficient (Wildman–Crippen LogP) is 11.4. The first-order valence-electron chi connectivity index (χ1n) is 25.7.